The van der Waals surface area contributed by atoms with E-state index in [1.54, 1.807) is 4.90 Å². The summed E-state index contributed by atoms with van der Waals surface area (Å²) in [6.07, 6.45) is 6.99. The number of pyridine rings is 1. The van der Waals surface area contributed by atoms with Gasteiger partial charge < -0.3 is 9.64 Å². The summed E-state index contributed by atoms with van der Waals surface area (Å²) in [5.74, 6) is -0.182. The average Bonchev–Trinajstić information content (AvgIpc) is 2.87. The Hall–Kier alpha value is -3.47. The molecule has 174 valence electrons. The number of para-hydroxylation sites is 1. The van der Waals surface area contributed by atoms with E-state index < -0.39 is 5.97 Å². The molecule has 2 aromatic carbocycles. The molecule has 1 saturated heterocycles. The number of carbonyl (C=O) groups is 2. The Morgan fingerprint density at radius 1 is 1.00 bits per heavy atom. The van der Waals surface area contributed by atoms with Crippen LogP contribution in [0, 0.1) is 5.92 Å². The summed E-state index contributed by atoms with van der Waals surface area (Å²) in [7, 11) is 0. The molecule has 34 heavy (non-hydrogen) atoms. The van der Waals surface area contributed by atoms with Crippen molar-refractivity contribution in [3.05, 3.63) is 77.0 Å². The van der Waals surface area contributed by atoms with Crippen molar-refractivity contribution >= 4 is 34.4 Å². The van der Waals surface area contributed by atoms with Gasteiger partial charge in [-0.15, -0.1) is 0 Å². The average molecular weight is 455 g/mol. The number of hydrogen-bond donors (Lipinski definition) is 0. The van der Waals surface area contributed by atoms with E-state index in [0.29, 0.717) is 11.5 Å². The van der Waals surface area contributed by atoms with Crippen LogP contribution in [0.3, 0.4) is 0 Å². The van der Waals surface area contributed by atoms with Crippen LogP contribution >= 0.6 is 0 Å². The number of likely N-dealkylation sites (tertiary alicyclic amines) is 1. The van der Waals surface area contributed by atoms with Crippen molar-refractivity contribution in [2.24, 2.45) is 5.92 Å². The number of rotatable bonds is 4. The topological polar surface area (TPSA) is 59.5 Å². The molecule has 5 rings (SSSR count). The molecule has 1 atom stereocenters. The molecule has 2 aliphatic rings. The van der Waals surface area contributed by atoms with Crippen LogP contribution in [0.1, 0.15) is 59.8 Å². The number of allylic oxidation sites excluding steroid dienone is 1. The van der Waals surface area contributed by atoms with Crippen molar-refractivity contribution in [3.63, 3.8) is 0 Å². The van der Waals surface area contributed by atoms with Gasteiger partial charge in [0.2, 0.25) is 0 Å². The fraction of sp³-hybridized carbons (Fsp3) is 0.345. The molecule has 1 amide bonds. The third kappa shape index (κ3) is 4.60. The predicted octanol–water partition coefficient (Wildman–Crippen LogP) is 5.53. The first-order chi connectivity index (χ1) is 16.6. The van der Waals surface area contributed by atoms with E-state index in [2.05, 4.69) is 25.1 Å². The maximum Gasteiger partial charge on any atom is 0.339 e. The lowest BCUT2D eigenvalue weighted by Gasteiger charge is -2.27. The Bertz CT molecular complexity index is 1240. The second kappa shape index (κ2) is 9.80. The van der Waals surface area contributed by atoms with E-state index in [9.17, 15) is 9.59 Å². The number of piperidine rings is 1. The second-order valence-corrected chi connectivity index (χ2v) is 9.44. The number of carbonyl (C=O) groups excluding carboxylic acids is 2. The Balaban J connectivity index is 1.52. The van der Waals surface area contributed by atoms with Gasteiger partial charge in [0.25, 0.3) is 5.91 Å². The third-order valence-corrected chi connectivity index (χ3v) is 6.80. The highest BCUT2D eigenvalue weighted by atomic mass is 16.5. The molecule has 0 saturated carbocycles. The molecule has 0 bridgehead atoms. The summed E-state index contributed by atoms with van der Waals surface area (Å²) in [4.78, 5) is 32.9. The van der Waals surface area contributed by atoms with Gasteiger partial charge in [-0.1, -0.05) is 55.5 Å². The number of ether oxygens (including phenoxy) is 1. The molecule has 2 heterocycles. The lowest BCUT2D eigenvalue weighted by molar-refractivity contribution is -0.135. The first-order valence-corrected chi connectivity index (χ1v) is 12.2. The summed E-state index contributed by atoms with van der Waals surface area (Å²) in [5, 5.41) is 0.782. The van der Waals surface area contributed by atoms with Gasteiger partial charge in [0.1, 0.15) is 0 Å². The first kappa shape index (κ1) is 22.3. The SMILES string of the molecule is CC1CC(=Cc2ccccc2)c2nc3ccccc3c(C(=O)OCC(=O)N3CCCCC3)c2C1. The van der Waals surface area contributed by atoms with Crippen LogP contribution in [0.2, 0.25) is 0 Å². The molecule has 5 nitrogen and oxygen atoms in total. The highest BCUT2D eigenvalue weighted by Crippen LogP contribution is 2.38. The maximum atomic E-state index is 13.4. The smallest absolute Gasteiger partial charge is 0.339 e. The number of benzene rings is 2. The first-order valence-electron chi connectivity index (χ1n) is 12.2. The molecule has 1 fully saturated rings. The van der Waals surface area contributed by atoms with Crippen LogP contribution in [0.15, 0.2) is 54.6 Å². The van der Waals surface area contributed by atoms with Gasteiger partial charge in [-0.2, -0.15) is 0 Å². The van der Waals surface area contributed by atoms with E-state index in [1.165, 1.54) is 0 Å². The Labute approximate surface area is 200 Å². The van der Waals surface area contributed by atoms with Crippen LogP contribution in [0.5, 0.6) is 0 Å². The highest BCUT2D eigenvalue weighted by Gasteiger charge is 2.29. The number of nitrogens with zero attached hydrogens (tertiary/aromatic N) is 2. The van der Waals surface area contributed by atoms with Gasteiger partial charge in [-0.05, 0) is 66.9 Å². The third-order valence-electron chi connectivity index (χ3n) is 6.80. The standard InChI is InChI=1S/C29H30N2O3/c1-20-16-22(18-21-10-4-2-5-11-21)28-24(17-20)27(23-12-6-7-13-25(23)30-28)29(33)34-19-26(32)31-14-8-3-9-15-31/h2,4-7,10-13,18,20H,3,8-9,14-17,19H2,1H3. The summed E-state index contributed by atoms with van der Waals surface area (Å²) >= 11 is 0. The molecule has 5 heteroatoms. The lowest BCUT2D eigenvalue weighted by atomic mass is 9.80. The Morgan fingerprint density at radius 2 is 1.74 bits per heavy atom. The fourth-order valence-electron chi connectivity index (χ4n) is 5.15. The summed E-state index contributed by atoms with van der Waals surface area (Å²) < 4.78 is 5.63. The van der Waals surface area contributed by atoms with Crippen molar-refractivity contribution in [2.75, 3.05) is 19.7 Å². The van der Waals surface area contributed by atoms with Crippen LogP contribution in [0.4, 0.5) is 0 Å². The van der Waals surface area contributed by atoms with Crippen LogP contribution in [-0.4, -0.2) is 41.5 Å². The van der Waals surface area contributed by atoms with Crippen molar-refractivity contribution in [2.45, 2.75) is 39.0 Å². The molecular formula is C29H30N2O3. The van der Waals surface area contributed by atoms with Crippen LogP contribution in [-0.2, 0) is 16.0 Å². The molecule has 3 aromatic rings. The van der Waals surface area contributed by atoms with E-state index >= 15 is 0 Å². The molecule has 0 spiro atoms. The van der Waals surface area contributed by atoms with E-state index in [0.717, 1.165) is 78.5 Å². The number of aromatic nitrogens is 1. The molecule has 0 radical (unpaired) electrons. The summed E-state index contributed by atoms with van der Waals surface area (Å²) in [6, 6.07) is 17.9. The largest absolute Gasteiger partial charge is 0.452 e. The molecule has 0 N–H and O–H groups in total. The lowest BCUT2D eigenvalue weighted by Crippen LogP contribution is -2.38. The van der Waals surface area contributed by atoms with Gasteiger partial charge in [-0.3, -0.25) is 4.79 Å². The summed E-state index contributed by atoms with van der Waals surface area (Å²) in [6.45, 7) is 3.47. The maximum absolute atomic E-state index is 13.4. The number of hydrogen-bond acceptors (Lipinski definition) is 4. The van der Waals surface area contributed by atoms with E-state index in [1.807, 2.05) is 42.5 Å². The quantitative estimate of drug-likeness (QED) is 0.487. The number of amides is 1. The fourth-order valence-corrected chi connectivity index (χ4v) is 5.15. The monoisotopic (exact) mass is 454 g/mol. The zero-order valence-electron chi connectivity index (χ0n) is 19.6. The normalized spacial score (nSPS) is 19.1. The van der Waals surface area contributed by atoms with Gasteiger partial charge in [0.15, 0.2) is 6.61 Å². The van der Waals surface area contributed by atoms with Gasteiger partial charge in [-0.25, -0.2) is 9.78 Å². The molecular weight excluding hydrogens is 424 g/mol. The van der Waals surface area contributed by atoms with Crippen LogP contribution in [0.25, 0.3) is 22.6 Å². The van der Waals surface area contributed by atoms with Crippen LogP contribution < -0.4 is 0 Å². The Morgan fingerprint density at radius 3 is 2.53 bits per heavy atom. The molecule has 1 aliphatic heterocycles. The number of esters is 1. The van der Waals surface area contributed by atoms with Gasteiger partial charge in [0.05, 0.1) is 16.8 Å². The van der Waals surface area contributed by atoms with Gasteiger partial charge in [0, 0.05) is 18.5 Å². The highest BCUT2D eigenvalue weighted by molar-refractivity contribution is 6.07. The predicted molar refractivity (Wildman–Crippen MR) is 134 cm³/mol. The Kier molecular flexibility index (Phi) is 6.43. The van der Waals surface area contributed by atoms with Crippen molar-refractivity contribution in [1.82, 2.24) is 9.88 Å². The summed E-state index contributed by atoms with van der Waals surface area (Å²) in [5.41, 5.74) is 5.36. The second-order valence-electron chi connectivity index (χ2n) is 9.44. The van der Waals surface area contributed by atoms with E-state index in [4.69, 9.17) is 9.72 Å². The minimum absolute atomic E-state index is 0.113. The van der Waals surface area contributed by atoms with Crippen molar-refractivity contribution in [1.29, 1.82) is 0 Å². The number of fused-ring (bicyclic) bond motifs is 2. The molecule has 1 aliphatic carbocycles. The molecule has 1 unspecified atom stereocenters. The zero-order chi connectivity index (χ0) is 23.5. The van der Waals surface area contributed by atoms with Crippen molar-refractivity contribution < 1.29 is 14.3 Å². The minimum atomic E-state index is -0.437. The van der Waals surface area contributed by atoms with E-state index in [-0.39, 0.29) is 12.5 Å². The van der Waals surface area contributed by atoms with Gasteiger partial charge >= 0.3 is 5.97 Å². The van der Waals surface area contributed by atoms with Crippen molar-refractivity contribution in [3.8, 4) is 0 Å². The zero-order valence-corrected chi connectivity index (χ0v) is 19.6. The molecule has 1 aromatic heterocycles. The minimum Gasteiger partial charge on any atom is -0.452 e.